The molecule has 4 heteroatoms. The van der Waals surface area contributed by atoms with Crippen molar-refractivity contribution in [1.29, 1.82) is 0 Å². The molecule has 100 valence electrons. The van der Waals surface area contributed by atoms with Gasteiger partial charge in [0.2, 0.25) is 0 Å². The molecular weight excluding hydrogens is 228 g/mol. The molecule has 3 N–H and O–H groups in total. The smallest absolute Gasteiger partial charge is 0.0798 e. The zero-order valence-corrected chi connectivity index (χ0v) is 11.1. The molecule has 2 heterocycles. The van der Waals surface area contributed by atoms with Gasteiger partial charge in [0.15, 0.2) is 0 Å². The van der Waals surface area contributed by atoms with Gasteiger partial charge in [-0.15, -0.1) is 0 Å². The van der Waals surface area contributed by atoms with Crippen LogP contribution < -0.4 is 5.73 Å². The minimum absolute atomic E-state index is 0.452. The molecule has 0 aliphatic carbocycles. The van der Waals surface area contributed by atoms with Gasteiger partial charge in [0.05, 0.1) is 17.3 Å². The number of aromatic nitrogens is 1. The summed E-state index contributed by atoms with van der Waals surface area (Å²) in [6.45, 7) is 5.02. The van der Waals surface area contributed by atoms with E-state index in [0.717, 1.165) is 37.4 Å². The summed E-state index contributed by atoms with van der Waals surface area (Å²) in [5.41, 5.74) is 6.90. The van der Waals surface area contributed by atoms with Gasteiger partial charge in [-0.05, 0) is 38.8 Å². The van der Waals surface area contributed by atoms with Crippen LogP contribution in [0.3, 0.4) is 0 Å². The topological polar surface area (TPSA) is 68.4 Å². The number of aliphatic hydroxyl groups is 1. The highest BCUT2D eigenvalue weighted by atomic mass is 16.5. The van der Waals surface area contributed by atoms with Crippen LogP contribution in [0.2, 0.25) is 0 Å². The number of pyridine rings is 1. The van der Waals surface area contributed by atoms with Gasteiger partial charge in [-0.3, -0.25) is 4.98 Å². The maximum atomic E-state index is 9.96. The Kier molecular flexibility index (Phi) is 4.00. The fourth-order valence-corrected chi connectivity index (χ4v) is 2.22. The third kappa shape index (κ3) is 3.07. The van der Waals surface area contributed by atoms with Crippen molar-refractivity contribution >= 4 is 0 Å². The van der Waals surface area contributed by atoms with Gasteiger partial charge in [-0.2, -0.15) is 0 Å². The highest BCUT2D eigenvalue weighted by molar-refractivity contribution is 5.19. The summed E-state index contributed by atoms with van der Waals surface area (Å²) < 4.78 is 5.36. The number of nitrogens with zero attached hydrogens (tertiary/aromatic N) is 1. The van der Waals surface area contributed by atoms with Crippen LogP contribution in [0.15, 0.2) is 18.2 Å². The summed E-state index contributed by atoms with van der Waals surface area (Å²) in [6, 6.07) is 5.43. The first-order valence-corrected chi connectivity index (χ1v) is 6.51. The molecule has 0 aromatic carbocycles. The Labute approximate surface area is 108 Å². The summed E-state index contributed by atoms with van der Waals surface area (Å²) in [7, 11) is 0. The average Bonchev–Trinajstić information content (AvgIpc) is 2.38. The van der Waals surface area contributed by atoms with Crippen LogP contribution in [-0.4, -0.2) is 28.9 Å². The Morgan fingerprint density at radius 3 is 2.67 bits per heavy atom. The van der Waals surface area contributed by atoms with Crippen LogP contribution >= 0.6 is 0 Å². The molecule has 4 nitrogen and oxygen atoms in total. The van der Waals surface area contributed by atoms with Gasteiger partial charge in [0.25, 0.3) is 0 Å². The molecule has 18 heavy (non-hydrogen) atoms. The molecule has 0 radical (unpaired) electrons. The van der Waals surface area contributed by atoms with Gasteiger partial charge < -0.3 is 15.6 Å². The van der Waals surface area contributed by atoms with Gasteiger partial charge in [0.1, 0.15) is 0 Å². The maximum Gasteiger partial charge on any atom is 0.0798 e. The van der Waals surface area contributed by atoms with Gasteiger partial charge in [0, 0.05) is 24.8 Å². The average molecular weight is 250 g/mol. The zero-order chi connectivity index (χ0) is 13.2. The first kappa shape index (κ1) is 13.5. The highest BCUT2D eigenvalue weighted by Crippen LogP contribution is 2.27. The molecular formula is C14H22N2O2. The van der Waals surface area contributed by atoms with Crippen molar-refractivity contribution in [2.24, 2.45) is 5.73 Å². The van der Waals surface area contributed by atoms with E-state index in [1.54, 1.807) is 13.8 Å². The number of ether oxygens (including phenoxy) is 1. The molecule has 0 amide bonds. The monoisotopic (exact) mass is 250 g/mol. The van der Waals surface area contributed by atoms with Crippen LogP contribution in [0.1, 0.15) is 50.0 Å². The van der Waals surface area contributed by atoms with E-state index in [-0.39, 0.29) is 0 Å². The van der Waals surface area contributed by atoms with Crippen molar-refractivity contribution in [3.8, 4) is 0 Å². The zero-order valence-electron chi connectivity index (χ0n) is 11.1. The van der Waals surface area contributed by atoms with E-state index in [4.69, 9.17) is 10.5 Å². The number of hydrogen-bond acceptors (Lipinski definition) is 4. The van der Waals surface area contributed by atoms with Crippen molar-refractivity contribution in [2.45, 2.75) is 44.2 Å². The fourth-order valence-electron chi connectivity index (χ4n) is 2.22. The lowest BCUT2D eigenvalue weighted by Crippen LogP contribution is -2.35. The molecule has 1 aromatic heterocycles. The Hall–Kier alpha value is -0.970. The first-order valence-electron chi connectivity index (χ1n) is 6.51. The van der Waals surface area contributed by atoms with E-state index in [2.05, 4.69) is 4.98 Å². The fraction of sp³-hybridized carbons (Fsp3) is 0.643. The molecule has 0 bridgehead atoms. The molecule has 1 fully saturated rings. The predicted molar refractivity (Wildman–Crippen MR) is 70.3 cm³/mol. The Bertz CT molecular complexity index is 395. The van der Waals surface area contributed by atoms with Crippen LogP contribution in [0.4, 0.5) is 0 Å². The van der Waals surface area contributed by atoms with Crippen LogP contribution in [0.5, 0.6) is 0 Å². The van der Waals surface area contributed by atoms with Crippen molar-refractivity contribution in [2.75, 3.05) is 13.2 Å². The summed E-state index contributed by atoms with van der Waals surface area (Å²) >= 11 is 0. The molecule has 0 spiro atoms. The normalized spacial score (nSPS) is 19.8. The second kappa shape index (κ2) is 5.34. The lowest BCUT2D eigenvalue weighted by Gasteiger charge is -2.27. The van der Waals surface area contributed by atoms with E-state index >= 15 is 0 Å². The minimum atomic E-state index is -0.957. The second-order valence-corrected chi connectivity index (χ2v) is 5.51. The number of nitrogens with two attached hydrogens (primary N) is 1. The molecule has 0 saturated carbocycles. The largest absolute Gasteiger partial charge is 0.388 e. The van der Waals surface area contributed by atoms with E-state index in [1.165, 1.54) is 0 Å². The minimum Gasteiger partial charge on any atom is -0.388 e. The SMILES string of the molecule is CC(C)(O)C(N)c1cccc(C2CCOCC2)n1. The molecule has 2 rings (SSSR count). The summed E-state index contributed by atoms with van der Waals surface area (Å²) in [4.78, 5) is 4.62. The van der Waals surface area contributed by atoms with Crippen LogP contribution in [0.25, 0.3) is 0 Å². The van der Waals surface area contributed by atoms with Crippen molar-refractivity contribution in [3.63, 3.8) is 0 Å². The molecule has 1 aromatic rings. The number of hydrogen-bond donors (Lipinski definition) is 2. The third-order valence-corrected chi connectivity index (χ3v) is 3.51. The summed E-state index contributed by atoms with van der Waals surface area (Å²) in [5, 5.41) is 9.96. The lowest BCUT2D eigenvalue weighted by molar-refractivity contribution is 0.0500. The van der Waals surface area contributed by atoms with Gasteiger partial charge >= 0.3 is 0 Å². The lowest BCUT2D eigenvalue weighted by atomic mass is 9.93. The third-order valence-electron chi connectivity index (χ3n) is 3.51. The quantitative estimate of drug-likeness (QED) is 0.857. The Balaban J connectivity index is 2.19. The molecule has 1 aliphatic heterocycles. The molecule has 1 aliphatic rings. The van der Waals surface area contributed by atoms with Crippen LogP contribution in [-0.2, 0) is 4.74 Å². The molecule has 1 saturated heterocycles. The Morgan fingerprint density at radius 2 is 2.06 bits per heavy atom. The van der Waals surface area contributed by atoms with Crippen LogP contribution in [0, 0.1) is 0 Å². The summed E-state index contributed by atoms with van der Waals surface area (Å²) in [5.74, 6) is 0.452. The standard InChI is InChI=1S/C14H22N2O2/c1-14(2,17)13(15)12-5-3-4-11(16-12)10-6-8-18-9-7-10/h3-5,10,13,17H,6-9,15H2,1-2H3. The van der Waals surface area contributed by atoms with Crippen molar-refractivity contribution < 1.29 is 9.84 Å². The van der Waals surface area contributed by atoms with Gasteiger partial charge in [-0.1, -0.05) is 6.07 Å². The second-order valence-electron chi connectivity index (χ2n) is 5.51. The van der Waals surface area contributed by atoms with E-state index in [0.29, 0.717) is 5.92 Å². The summed E-state index contributed by atoms with van der Waals surface area (Å²) in [6.07, 6.45) is 2.02. The van der Waals surface area contributed by atoms with E-state index in [1.807, 2.05) is 18.2 Å². The number of rotatable bonds is 3. The molecule has 1 unspecified atom stereocenters. The molecule has 1 atom stereocenters. The van der Waals surface area contributed by atoms with Crippen molar-refractivity contribution in [1.82, 2.24) is 4.98 Å². The highest BCUT2D eigenvalue weighted by Gasteiger charge is 2.26. The maximum absolute atomic E-state index is 9.96. The predicted octanol–water partition coefficient (Wildman–Crippen LogP) is 1.75. The Morgan fingerprint density at radius 1 is 1.39 bits per heavy atom. The van der Waals surface area contributed by atoms with E-state index in [9.17, 15) is 5.11 Å². The van der Waals surface area contributed by atoms with Crippen molar-refractivity contribution in [3.05, 3.63) is 29.6 Å². The van der Waals surface area contributed by atoms with Gasteiger partial charge in [-0.25, -0.2) is 0 Å². The first-order chi connectivity index (χ1) is 8.48. The van der Waals surface area contributed by atoms with E-state index < -0.39 is 11.6 Å².